The maximum atomic E-state index is 12.7. The number of carbonyl (C=O) groups is 2. The minimum Gasteiger partial charge on any atom is -0.467 e. The Morgan fingerprint density at radius 2 is 1.83 bits per heavy atom. The molecule has 0 saturated heterocycles. The fourth-order valence-corrected chi connectivity index (χ4v) is 3.59. The molecule has 3 N–H and O–H groups in total. The van der Waals surface area contributed by atoms with Crippen LogP contribution < -0.4 is 16.0 Å². The van der Waals surface area contributed by atoms with Gasteiger partial charge in [0.1, 0.15) is 5.76 Å². The molecule has 1 atom stereocenters. The number of hydrogen-bond acceptors (Lipinski definition) is 3. The van der Waals surface area contributed by atoms with Gasteiger partial charge < -0.3 is 25.3 Å². The van der Waals surface area contributed by atoms with Crippen LogP contribution in [-0.4, -0.2) is 23.5 Å². The summed E-state index contributed by atoms with van der Waals surface area (Å²) in [6.45, 7) is 2.95. The molecule has 1 aliphatic heterocycles. The van der Waals surface area contributed by atoms with Crippen molar-refractivity contribution in [3.8, 4) is 0 Å². The summed E-state index contributed by atoms with van der Waals surface area (Å²) in [7, 11) is 0. The summed E-state index contributed by atoms with van der Waals surface area (Å²) in [6.07, 6.45) is 2.26. The van der Waals surface area contributed by atoms with Crippen molar-refractivity contribution in [2.75, 3.05) is 17.2 Å². The van der Waals surface area contributed by atoms with Gasteiger partial charge in [0.25, 0.3) is 0 Å². The largest absolute Gasteiger partial charge is 0.467 e. The zero-order valence-electron chi connectivity index (χ0n) is 16.7. The lowest BCUT2D eigenvalue weighted by molar-refractivity contribution is 0.187. The van der Waals surface area contributed by atoms with E-state index in [1.54, 1.807) is 17.2 Å². The van der Waals surface area contributed by atoms with Crippen molar-refractivity contribution < 1.29 is 14.0 Å². The van der Waals surface area contributed by atoms with E-state index in [2.05, 4.69) is 16.0 Å². The SMILES string of the molecule is CC(NC(=O)N1CCc2c(cccc2NC(=O)Nc2ccccc2)C1)c1ccco1. The summed E-state index contributed by atoms with van der Waals surface area (Å²) in [5.41, 5.74) is 3.58. The lowest BCUT2D eigenvalue weighted by Crippen LogP contribution is -2.43. The Labute approximate surface area is 175 Å². The maximum Gasteiger partial charge on any atom is 0.323 e. The van der Waals surface area contributed by atoms with Crippen molar-refractivity contribution in [1.29, 1.82) is 0 Å². The first-order chi connectivity index (χ1) is 14.6. The Hall–Kier alpha value is -3.74. The molecule has 3 aromatic rings. The molecule has 0 radical (unpaired) electrons. The van der Waals surface area contributed by atoms with E-state index in [4.69, 9.17) is 4.42 Å². The molecule has 0 bridgehead atoms. The third kappa shape index (κ3) is 4.46. The molecule has 4 rings (SSSR count). The number of nitrogens with one attached hydrogen (secondary N) is 3. The van der Waals surface area contributed by atoms with Crippen LogP contribution in [-0.2, 0) is 13.0 Å². The smallest absolute Gasteiger partial charge is 0.323 e. The van der Waals surface area contributed by atoms with Gasteiger partial charge in [0.2, 0.25) is 0 Å². The number of hydrogen-bond donors (Lipinski definition) is 3. The number of para-hydroxylation sites is 1. The van der Waals surface area contributed by atoms with Gasteiger partial charge in [-0.25, -0.2) is 9.59 Å². The lowest BCUT2D eigenvalue weighted by Gasteiger charge is -2.31. The molecule has 1 unspecified atom stereocenters. The molecular weight excluding hydrogens is 380 g/mol. The summed E-state index contributed by atoms with van der Waals surface area (Å²) in [5.74, 6) is 0.719. The predicted molar refractivity (Wildman–Crippen MR) is 115 cm³/mol. The second kappa shape index (κ2) is 8.73. The fourth-order valence-electron chi connectivity index (χ4n) is 3.59. The summed E-state index contributed by atoms with van der Waals surface area (Å²) >= 11 is 0. The van der Waals surface area contributed by atoms with E-state index in [1.165, 1.54) is 0 Å². The molecule has 7 heteroatoms. The first kappa shape index (κ1) is 19.6. The number of benzene rings is 2. The standard InChI is InChI=1S/C23H24N4O3/c1-16(21-11-6-14-30-21)24-23(29)27-13-12-19-17(15-27)7-5-10-20(19)26-22(28)25-18-8-3-2-4-9-18/h2-11,14,16H,12-13,15H2,1H3,(H,24,29)(H2,25,26,28). The van der Waals surface area contributed by atoms with Gasteiger partial charge >= 0.3 is 12.1 Å². The van der Waals surface area contributed by atoms with Crippen LogP contribution >= 0.6 is 0 Å². The fraction of sp³-hybridized carbons (Fsp3) is 0.217. The number of carbonyl (C=O) groups excluding carboxylic acids is 2. The normalized spacial score (nSPS) is 13.8. The van der Waals surface area contributed by atoms with E-state index in [1.807, 2.05) is 61.5 Å². The van der Waals surface area contributed by atoms with Gasteiger partial charge in [-0.05, 0) is 54.8 Å². The molecule has 30 heavy (non-hydrogen) atoms. The zero-order valence-corrected chi connectivity index (χ0v) is 16.7. The van der Waals surface area contributed by atoms with Gasteiger partial charge in [0.15, 0.2) is 0 Å². The van der Waals surface area contributed by atoms with Crippen molar-refractivity contribution in [3.05, 3.63) is 83.8 Å². The third-order valence-corrected chi connectivity index (χ3v) is 5.14. The Balaban J connectivity index is 1.40. The lowest BCUT2D eigenvalue weighted by atomic mass is 9.98. The first-order valence-corrected chi connectivity index (χ1v) is 9.93. The Bertz CT molecular complexity index is 1020. The van der Waals surface area contributed by atoms with Crippen molar-refractivity contribution in [3.63, 3.8) is 0 Å². The molecular formula is C23H24N4O3. The molecule has 0 saturated carbocycles. The van der Waals surface area contributed by atoms with Crippen LogP contribution in [0.4, 0.5) is 21.0 Å². The van der Waals surface area contributed by atoms with Gasteiger partial charge in [0.05, 0.1) is 12.3 Å². The molecule has 1 aliphatic rings. The number of urea groups is 2. The number of furan rings is 1. The van der Waals surface area contributed by atoms with Crippen LogP contribution in [0.25, 0.3) is 0 Å². The van der Waals surface area contributed by atoms with Crippen LogP contribution in [0.1, 0.15) is 29.9 Å². The summed E-state index contributed by atoms with van der Waals surface area (Å²) in [5, 5.41) is 8.73. The first-order valence-electron chi connectivity index (χ1n) is 9.93. The number of amides is 4. The van der Waals surface area contributed by atoms with Crippen molar-refractivity contribution in [2.24, 2.45) is 0 Å². The molecule has 0 aliphatic carbocycles. The number of rotatable bonds is 4. The second-order valence-electron chi connectivity index (χ2n) is 7.25. The molecule has 2 aromatic carbocycles. The van der Waals surface area contributed by atoms with E-state index in [0.29, 0.717) is 19.5 Å². The predicted octanol–water partition coefficient (Wildman–Crippen LogP) is 4.75. The Morgan fingerprint density at radius 1 is 1.00 bits per heavy atom. The van der Waals surface area contributed by atoms with Crippen molar-refractivity contribution in [1.82, 2.24) is 10.2 Å². The number of fused-ring (bicyclic) bond motifs is 1. The van der Waals surface area contributed by atoms with E-state index in [-0.39, 0.29) is 18.1 Å². The van der Waals surface area contributed by atoms with E-state index in [0.717, 1.165) is 28.3 Å². The molecule has 7 nitrogen and oxygen atoms in total. The van der Waals surface area contributed by atoms with Gasteiger partial charge in [0, 0.05) is 24.5 Å². The van der Waals surface area contributed by atoms with E-state index < -0.39 is 0 Å². The zero-order chi connectivity index (χ0) is 20.9. The van der Waals surface area contributed by atoms with Gasteiger partial charge in [-0.1, -0.05) is 30.3 Å². The highest BCUT2D eigenvalue weighted by Gasteiger charge is 2.24. The molecule has 4 amide bonds. The van der Waals surface area contributed by atoms with Crippen molar-refractivity contribution >= 4 is 23.4 Å². The van der Waals surface area contributed by atoms with Gasteiger partial charge in [-0.3, -0.25) is 0 Å². The average Bonchev–Trinajstić information content (AvgIpc) is 3.29. The Morgan fingerprint density at radius 3 is 2.60 bits per heavy atom. The molecule has 0 fully saturated rings. The maximum absolute atomic E-state index is 12.7. The molecule has 2 heterocycles. The van der Waals surface area contributed by atoms with Gasteiger partial charge in [-0.2, -0.15) is 0 Å². The highest BCUT2D eigenvalue weighted by Crippen LogP contribution is 2.27. The van der Waals surface area contributed by atoms with E-state index in [9.17, 15) is 9.59 Å². The third-order valence-electron chi connectivity index (χ3n) is 5.14. The van der Waals surface area contributed by atoms with Crippen LogP contribution in [0.5, 0.6) is 0 Å². The van der Waals surface area contributed by atoms with Gasteiger partial charge in [-0.15, -0.1) is 0 Å². The number of anilines is 2. The summed E-state index contributed by atoms with van der Waals surface area (Å²) < 4.78 is 5.36. The summed E-state index contributed by atoms with van der Waals surface area (Å²) in [6, 6.07) is 18.1. The summed E-state index contributed by atoms with van der Waals surface area (Å²) in [4.78, 5) is 26.8. The molecule has 1 aromatic heterocycles. The molecule has 0 spiro atoms. The van der Waals surface area contributed by atoms with Crippen LogP contribution in [0, 0.1) is 0 Å². The highest BCUT2D eigenvalue weighted by atomic mass is 16.3. The van der Waals surface area contributed by atoms with Crippen LogP contribution in [0.3, 0.4) is 0 Å². The van der Waals surface area contributed by atoms with Crippen molar-refractivity contribution in [2.45, 2.75) is 25.9 Å². The minimum atomic E-state index is -0.290. The second-order valence-corrected chi connectivity index (χ2v) is 7.25. The minimum absolute atomic E-state index is 0.135. The molecule has 154 valence electrons. The van der Waals surface area contributed by atoms with Crippen LogP contribution in [0.15, 0.2) is 71.3 Å². The topological polar surface area (TPSA) is 86.6 Å². The monoisotopic (exact) mass is 404 g/mol. The average molecular weight is 404 g/mol. The Kier molecular flexibility index (Phi) is 5.70. The quantitative estimate of drug-likeness (QED) is 0.586. The number of nitrogens with zero attached hydrogens (tertiary/aromatic N) is 1. The van der Waals surface area contributed by atoms with E-state index >= 15 is 0 Å². The highest BCUT2D eigenvalue weighted by molar-refractivity contribution is 6.00. The van der Waals surface area contributed by atoms with Crippen LogP contribution in [0.2, 0.25) is 0 Å².